The van der Waals surface area contributed by atoms with Crippen LogP contribution in [0.1, 0.15) is 75.7 Å². The Labute approximate surface area is 116 Å². The summed E-state index contributed by atoms with van der Waals surface area (Å²) < 4.78 is 0. The molecule has 0 aromatic rings. The Morgan fingerprint density at radius 1 is 0.889 bits per heavy atom. The van der Waals surface area contributed by atoms with E-state index >= 15 is 0 Å². The first-order valence-corrected chi connectivity index (χ1v) is 7.57. The van der Waals surface area contributed by atoms with Gasteiger partial charge < -0.3 is 0 Å². The van der Waals surface area contributed by atoms with Crippen LogP contribution >= 0.6 is 0 Å². The molecule has 2 atom stereocenters. The second-order valence-corrected chi connectivity index (χ2v) is 7.73. The number of hydrogen-bond donors (Lipinski definition) is 0. The highest BCUT2D eigenvalue weighted by Crippen LogP contribution is 2.68. The average molecular weight is 252 g/mol. The smallest absolute Gasteiger partial charge is 0.00670 e. The molecule has 0 aromatic heterocycles. The molecule has 0 spiro atoms. The van der Waals surface area contributed by atoms with Crippen molar-refractivity contribution in [2.75, 3.05) is 0 Å². The molecule has 1 aliphatic carbocycles. The summed E-state index contributed by atoms with van der Waals surface area (Å²) in [6.07, 6.45) is 3.49. The Bertz CT molecular complexity index is 293. The van der Waals surface area contributed by atoms with Crippen LogP contribution in [0.5, 0.6) is 0 Å². The molecule has 18 heavy (non-hydrogen) atoms. The lowest BCUT2D eigenvalue weighted by molar-refractivity contribution is -0.159. The molecule has 1 rings (SSSR count). The molecule has 0 aromatic carbocycles. The summed E-state index contributed by atoms with van der Waals surface area (Å²) >= 11 is 0. The van der Waals surface area contributed by atoms with Crippen molar-refractivity contribution in [2.24, 2.45) is 27.6 Å². The SMILES string of the molecule is C=CC1(C)C(C)CC(C)(C)C(C)(C)C1(C)C.CC. The van der Waals surface area contributed by atoms with E-state index in [1.165, 1.54) is 6.42 Å². The quantitative estimate of drug-likeness (QED) is 0.479. The number of rotatable bonds is 1. The fourth-order valence-corrected chi connectivity index (χ4v) is 3.82. The fourth-order valence-electron chi connectivity index (χ4n) is 3.82. The molecule has 0 heterocycles. The molecule has 0 bridgehead atoms. The van der Waals surface area contributed by atoms with Crippen molar-refractivity contribution in [3.8, 4) is 0 Å². The summed E-state index contributed by atoms with van der Waals surface area (Å²) in [4.78, 5) is 0. The van der Waals surface area contributed by atoms with E-state index in [1.54, 1.807) is 0 Å². The van der Waals surface area contributed by atoms with Crippen molar-refractivity contribution in [3.63, 3.8) is 0 Å². The van der Waals surface area contributed by atoms with Gasteiger partial charge in [-0.05, 0) is 34.0 Å². The van der Waals surface area contributed by atoms with Gasteiger partial charge in [-0.25, -0.2) is 0 Å². The molecule has 0 heteroatoms. The van der Waals surface area contributed by atoms with E-state index in [9.17, 15) is 0 Å². The maximum Gasteiger partial charge on any atom is -0.00670 e. The van der Waals surface area contributed by atoms with Crippen LogP contribution in [0.4, 0.5) is 0 Å². The zero-order chi connectivity index (χ0) is 15.0. The molecule has 0 N–H and O–H groups in total. The summed E-state index contributed by atoms with van der Waals surface area (Å²) in [6, 6.07) is 0. The van der Waals surface area contributed by atoms with E-state index in [4.69, 9.17) is 0 Å². The van der Waals surface area contributed by atoms with Gasteiger partial charge in [-0.15, -0.1) is 6.58 Å². The highest BCUT2D eigenvalue weighted by molar-refractivity contribution is 5.15. The highest BCUT2D eigenvalue weighted by Gasteiger charge is 2.61. The van der Waals surface area contributed by atoms with E-state index in [0.29, 0.717) is 16.7 Å². The summed E-state index contributed by atoms with van der Waals surface area (Å²) in [6.45, 7) is 27.5. The average Bonchev–Trinajstić information content (AvgIpc) is 2.27. The van der Waals surface area contributed by atoms with Crippen molar-refractivity contribution < 1.29 is 0 Å². The first-order chi connectivity index (χ1) is 7.94. The van der Waals surface area contributed by atoms with Gasteiger partial charge in [-0.2, -0.15) is 0 Å². The van der Waals surface area contributed by atoms with Crippen molar-refractivity contribution in [1.82, 2.24) is 0 Å². The lowest BCUT2D eigenvalue weighted by Crippen LogP contribution is -2.59. The van der Waals surface area contributed by atoms with Gasteiger partial charge in [0, 0.05) is 0 Å². The lowest BCUT2D eigenvalue weighted by Gasteiger charge is -2.66. The summed E-state index contributed by atoms with van der Waals surface area (Å²) in [5, 5.41) is 0. The van der Waals surface area contributed by atoms with Crippen LogP contribution < -0.4 is 0 Å². The number of hydrogen-bond acceptors (Lipinski definition) is 0. The van der Waals surface area contributed by atoms with Crippen molar-refractivity contribution in [3.05, 3.63) is 12.7 Å². The van der Waals surface area contributed by atoms with Gasteiger partial charge in [0.05, 0.1) is 0 Å². The fraction of sp³-hybridized carbons (Fsp3) is 0.889. The Morgan fingerprint density at radius 3 is 1.61 bits per heavy atom. The van der Waals surface area contributed by atoms with E-state index < -0.39 is 0 Å². The maximum absolute atomic E-state index is 4.12. The monoisotopic (exact) mass is 252 g/mol. The summed E-state index contributed by atoms with van der Waals surface area (Å²) in [5.41, 5.74) is 1.20. The van der Waals surface area contributed by atoms with Crippen LogP contribution in [0.25, 0.3) is 0 Å². The third kappa shape index (κ3) is 2.06. The van der Waals surface area contributed by atoms with Crippen LogP contribution in [-0.2, 0) is 0 Å². The van der Waals surface area contributed by atoms with Crippen LogP contribution in [0.3, 0.4) is 0 Å². The third-order valence-corrected chi connectivity index (χ3v) is 6.87. The zero-order valence-electron chi connectivity index (χ0n) is 14.6. The maximum atomic E-state index is 4.12. The minimum absolute atomic E-state index is 0.228. The topological polar surface area (TPSA) is 0 Å². The van der Waals surface area contributed by atoms with E-state index in [0.717, 1.165) is 0 Å². The standard InChI is InChI=1S/C16H30.C2H6/c1-10-16(9)12(2)11-13(3,4)14(5,6)15(16,7)8;1-2/h10,12H,1,11H2,2-9H3;1-2H3. The van der Waals surface area contributed by atoms with Gasteiger partial charge in [0.15, 0.2) is 0 Å². The molecule has 108 valence electrons. The second-order valence-electron chi connectivity index (χ2n) is 7.73. The molecular formula is C18H36. The summed E-state index contributed by atoms with van der Waals surface area (Å²) in [5.74, 6) is 0.697. The van der Waals surface area contributed by atoms with Crippen LogP contribution in [0.15, 0.2) is 12.7 Å². The molecule has 0 saturated heterocycles. The first-order valence-electron chi connectivity index (χ1n) is 7.57. The molecule has 2 unspecified atom stereocenters. The largest absolute Gasteiger partial charge is 0.103 e. The Hall–Kier alpha value is -0.260. The Balaban J connectivity index is 0.00000137. The van der Waals surface area contributed by atoms with Crippen LogP contribution in [0, 0.1) is 27.6 Å². The van der Waals surface area contributed by atoms with Crippen molar-refractivity contribution >= 4 is 0 Å². The van der Waals surface area contributed by atoms with Crippen molar-refractivity contribution in [1.29, 1.82) is 0 Å². The molecule has 0 radical (unpaired) electrons. The van der Waals surface area contributed by atoms with Gasteiger partial charge >= 0.3 is 0 Å². The minimum Gasteiger partial charge on any atom is -0.103 e. The Kier molecular flexibility index (Phi) is 4.95. The Morgan fingerprint density at radius 2 is 1.28 bits per heavy atom. The van der Waals surface area contributed by atoms with E-state index in [1.807, 2.05) is 13.8 Å². The van der Waals surface area contributed by atoms with Gasteiger partial charge in [0.1, 0.15) is 0 Å². The molecule has 0 amide bonds. The predicted octanol–water partition coefficient (Wildman–Crippen LogP) is 6.32. The highest BCUT2D eigenvalue weighted by atomic mass is 14.6. The van der Waals surface area contributed by atoms with Gasteiger partial charge in [0.2, 0.25) is 0 Å². The first kappa shape index (κ1) is 17.7. The number of allylic oxidation sites excluding steroid dienone is 1. The van der Waals surface area contributed by atoms with Gasteiger partial charge in [-0.1, -0.05) is 75.3 Å². The van der Waals surface area contributed by atoms with Crippen molar-refractivity contribution in [2.45, 2.75) is 75.7 Å². The normalized spacial score (nSPS) is 36.2. The molecule has 1 fully saturated rings. The molecule has 0 aliphatic heterocycles. The molecule has 1 aliphatic rings. The van der Waals surface area contributed by atoms with Crippen LogP contribution in [-0.4, -0.2) is 0 Å². The third-order valence-electron chi connectivity index (χ3n) is 6.87. The lowest BCUT2D eigenvalue weighted by atomic mass is 9.38. The van der Waals surface area contributed by atoms with Crippen LogP contribution in [0.2, 0.25) is 0 Å². The summed E-state index contributed by atoms with van der Waals surface area (Å²) in [7, 11) is 0. The van der Waals surface area contributed by atoms with Gasteiger partial charge in [0.25, 0.3) is 0 Å². The molecular weight excluding hydrogens is 216 g/mol. The van der Waals surface area contributed by atoms with E-state index in [-0.39, 0.29) is 10.8 Å². The second kappa shape index (κ2) is 5.02. The zero-order valence-corrected chi connectivity index (χ0v) is 14.6. The predicted molar refractivity (Wildman–Crippen MR) is 84.8 cm³/mol. The van der Waals surface area contributed by atoms with Gasteiger partial charge in [-0.3, -0.25) is 0 Å². The molecule has 1 saturated carbocycles. The molecule has 0 nitrogen and oxygen atoms in total. The minimum atomic E-state index is 0.228. The van der Waals surface area contributed by atoms with E-state index in [2.05, 4.69) is 68.0 Å².